The van der Waals surface area contributed by atoms with E-state index in [1.807, 2.05) is 18.2 Å². The van der Waals surface area contributed by atoms with Crippen molar-refractivity contribution in [2.45, 2.75) is 25.3 Å². The number of likely N-dealkylation sites (N-methyl/N-ethyl adjacent to an activating group) is 1. The standard InChI is InChI=1S/C23H30FN3O4S/c1-17(19-6-4-5-18(13-19)16-27-11-9-26(2)10-12-27)32(29,30)25-15-21-8-7-20(14-22(21)24)23(28)31-3/h4-8,13-14,17,25H,9-12,15-16H2,1-3H3. The minimum atomic E-state index is -3.75. The van der Waals surface area contributed by atoms with Crippen LogP contribution in [0.4, 0.5) is 4.39 Å². The molecule has 1 unspecified atom stereocenters. The highest BCUT2D eigenvalue weighted by atomic mass is 32.2. The normalized spacial score (nSPS) is 16.6. The first-order valence-electron chi connectivity index (χ1n) is 10.5. The molecular weight excluding hydrogens is 433 g/mol. The van der Waals surface area contributed by atoms with Gasteiger partial charge in [-0.2, -0.15) is 0 Å². The zero-order chi connectivity index (χ0) is 23.3. The Kier molecular flexibility index (Phi) is 8.00. The van der Waals surface area contributed by atoms with E-state index < -0.39 is 27.1 Å². The van der Waals surface area contributed by atoms with Crippen molar-refractivity contribution in [3.05, 3.63) is 70.5 Å². The Hall–Kier alpha value is -2.33. The second-order valence-electron chi connectivity index (χ2n) is 8.13. The lowest BCUT2D eigenvalue weighted by Crippen LogP contribution is -2.43. The van der Waals surface area contributed by atoms with Crippen LogP contribution in [0.15, 0.2) is 42.5 Å². The molecule has 3 rings (SSSR count). The van der Waals surface area contributed by atoms with Gasteiger partial charge in [0, 0.05) is 44.8 Å². The Morgan fingerprint density at radius 2 is 1.88 bits per heavy atom. The van der Waals surface area contributed by atoms with Crippen molar-refractivity contribution in [3.8, 4) is 0 Å². The van der Waals surface area contributed by atoms with Crippen LogP contribution >= 0.6 is 0 Å². The Morgan fingerprint density at radius 1 is 1.16 bits per heavy atom. The van der Waals surface area contributed by atoms with E-state index in [2.05, 4.69) is 26.3 Å². The van der Waals surface area contributed by atoms with E-state index in [1.54, 1.807) is 13.0 Å². The molecule has 0 amide bonds. The monoisotopic (exact) mass is 463 g/mol. The van der Waals surface area contributed by atoms with Crippen molar-refractivity contribution in [1.82, 2.24) is 14.5 Å². The van der Waals surface area contributed by atoms with E-state index in [-0.39, 0.29) is 17.7 Å². The Bertz CT molecular complexity index is 1050. The molecule has 1 saturated heterocycles. The van der Waals surface area contributed by atoms with Crippen LogP contribution in [-0.2, 0) is 27.8 Å². The van der Waals surface area contributed by atoms with Gasteiger partial charge in [0.25, 0.3) is 0 Å². The molecule has 1 aliphatic rings. The third kappa shape index (κ3) is 6.13. The molecule has 1 aliphatic heterocycles. The third-order valence-corrected chi connectivity index (χ3v) is 7.58. The number of methoxy groups -OCH3 is 1. The molecule has 2 aromatic rings. The van der Waals surface area contributed by atoms with Crippen LogP contribution in [0.25, 0.3) is 0 Å². The second-order valence-corrected chi connectivity index (χ2v) is 10.2. The molecule has 0 bridgehead atoms. The summed E-state index contributed by atoms with van der Waals surface area (Å²) in [6, 6.07) is 11.4. The molecule has 2 aromatic carbocycles. The topological polar surface area (TPSA) is 78.9 Å². The fourth-order valence-corrected chi connectivity index (χ4v) is 4.74. The maximum Gasteiger partial charge on any atom is 0.337 e. The summed E-state index contributed by atoms with van der Waals surface area (Å²) in [6.07, 6.45) is 0. The molecule has 1 heterocycles. The molecule has 1 N–H and O–H groups in total. The molecule has 0 saturated carbocycles. The molecule has 0 aromatic heterocycles. The van der Waals surface area contributed by atoms with Gasteiger partial charge in [-0.3, -0.25) is 4.90 Å². The number of ether oxygens (including phenoxy) is 1. The second kappa shape index (κ2) is 10.5. The highest BCUT2D eigenvalue weighted by Gasteiger charge is 2.23. The summed E-state index contributed by atoms with van der Waals surface area (Å²) in [5.74, 6) is -1.32. The van der Waals surface area contributed by atoms with Crippen molar-refractivity contribution in [2.24, 2.45) is 0 Å². The van der Waals surface area contributed by atoms with Gasteiger partial charge in [0.05, 0.1) is 17.9 Å². The zero-order valence-electron chi connectivity index (χ0n) is 18.7. The van der Waals surface area contributed by atoms with Gasteiger partial charge in [-0.1, -0.05) is 30.3 Å². The zero-order valence-corrected chi connectivity index (χ0v) is 19.5. The van der Waals surface area contributed by atoms with Crippen molar-refractivity contribution in [2.75, 3.05) is 40.3 Å². The molecular formula is C23H30FN3O4S. The van der Waals surface area contributed by atoms with Gasteiger partial charge >= 0.3 is 5.97 Å². The molecule has 7 nitrogen and oxygen atoms in total. The maximum absolute atomic E-state index is 14.3. The van der Waals surface area contributed by atoms with Crippen molar-refractivity contribution in [3.63, 3.8) is 0 Å². The first kappa shape index (κ1) is 24.3. The largest absolute Gasteiger partial charge is 0.465 e. The van der Waals surface area contributed by atoms with Crippen molar-refractivity contribution in [1.29, 1.82) is 0 Å². The van der Waals surface area contributed by atoms with Crippen LogP contribution in [0.5, 0.6) is 0 Å². The molecule has 174 valence electrons. The molecule has 1 fully saturated rings. The first-order chi connectivity index (χ1) is 15.2. The lowest BCUT2D eigenvalue weighted by molar-refractivity contribution is 0.0600. The number of benzene rings is 2. The summed E-state index contributed by atoms with van der Waals surface area (Å²) in [6.45, 7) is 6.19. The lowest BCUT2D eigenvalue weighted by atomic mass is 10.1. The van der Waals surface area contributed by atoms with Crippen LogP contribution in [-0.4, -0.2) is 64.5 Å². The quantitative estimate of drug-likeness (QED) is 0.606. The van der Waals surface area contributed by atoms with Gasteiger partial charge in [0.2, 0.25) is 10.0 Å². The number of sulfonamides is 1. The van der Waals surface area contributed by atoms with Crippen LogP contribution in [0.2, 0.25) is 0 Å². The average Bonchev–Trinajstić information content (AvgIpc) is 2.79. The summed E-state index contributed by atoms with van der Waals surface area (Å²) in [4.78, 5) is 16.2. The molecule has 0 radical (unpaired) electrons. The van der Waals surface area contributed by atoms with Crippen molar-refractivity contribution >= 4 is 16.0 Å². The van der Waals surface area contributed by atoms with Crippen LogP contribution < -0.4 is 4.72 Å². The van der Waals surface area contributed by atoms with Gasteiger partial charge in [-0.25, -0.2) is 22.3 Å². The molecule has 0 spiro atoms. The van der Waals surface area contributed by atoms with E-state index >= 15 is 0 Å². The van der Waals surface area contributed by atoms with Crippen molar-refractivity contribution < 1.29 is 22.3 Å². The Labute approximate surface area is 189 Å². The summed E-state index contributed by atoms with van der Waals surface area (Å²) in [7, 11) is -0.425. The average molecular weight is 464 g/mol. The number of nitrogens with zero attached hydrogens (tertiary/aromatic N) is 2. The summed E-state index contributed by atoms with van der Waals surface area (Å²) < 4.78 is 47.0. The number of esters is 1. The fraction of sp³-hybridized carbons (Fsp3) is 0.435. The highest BCUT2D eigenvalue weighted by Crippen LogP contribution is 2.23. The smallest absolute Gasteiger partial charge is 0.337 e. The van der Waals surface area contributed by atoms with Gasteiger partial charge in [-0.05, 0) is 37.2 Å². The maximum atomic E-state index is 14.3. The van der Waals surface area contributed by atoms with E-state index in [4.69, 9.17) is 0 Å². The summed E-state index contributed by atoms with van der Waals surface area (Å²) in [5.41, 5.74) is 1.98. The number of carbonyl (C=O) groups is 1. The van der Waals surface area contributed by atoms with Gasteiger partial charge < -0.3 is 9.64 Å². The molecule has 32 heavy (non-hydrogen) atoms. The third-order valence-electron chi connectivity index (χ3n) is 5.83. The Morgan fingerprint density at radius 3 is 2.53 bits per heavy atom. The number of rotatable bonds is 8. The lowest BCUT2D eigenvalue weighted by Gasteiger charge is -2.32. The Balaban J connectivity index is 1.65. The number of halogens is 1. The van der Waals surface area contributed by atoms with E-state index in [0.717, 1.165) is 44.4 Å². The number of nitrogens with one attached hydrogen (secondary N) is 1. The predicted molar refractivity (Wildman–Crippen MR) is 121 cm³/mol. The molecule has 0 aliphatic carbocycles. The number of hydrogen-bond donors (Lipinski definition) is 1. The minimum Gasteiger partial charge on any atom is -0.465 e. The SMILES string of the molecule is COC(=O)c1ccc(CNS(=O)(=O)C(C)c2cccc(CN3CCN(C)CC3)c2)c(F)c1. The van der Waals surface area contributed by atoms with Gasteiger partial charge in [-0.15, -0.1) is 0 Å². The van der Waals surface area contributed by atoms with Crippen LogP contribution in [0.1, 0.15) is 39.2 Å². The number of carbonyl (C=O) groups excluding carboxylic acids is 1. The number of piperazine rings is 1. The van der Waals surface area contributed by atoms with E-state index in [1.165, 1.54) is 19.2 Å². The first-order valence-corrected chi connectivity index (χ1v) is 12.1. The number of hydrogen-bond acceptors (Lipinski definition) is 6. The fourth-order valence-electron chi connectivity index (χ4n) is 3.63. The van der Waals surface area contributed by atoms with E-state index in [0.29, 0.717) is 5.56 Å². The summed E-state index contributed by atoms with van der Waals surface area (Å²) >= 11 is 0. The highest BCUT2D eigenvalue weighted by molar-refractivity contribution is 7.89. The van der Waals surface area contributed by atoms with Gasteiger partial charge in [0.1, 0.15) is 5.82 Å². The van der Waals surface area contributed by atoms with Gasteiger partial charge in [0.15, 0.2) is 0 Å². The van der Waals surface area contributed by atoms with E-state index in [9.17, 15) is 17.6 Å². The molecule has 9 heteroatoms. The van der Waals surface area contributed by atoms with Crippen LogP contribution in [0.3, 0.4) is 0 Å². The van der Waals surface area contributed by atoms with Crippen LogP contribution in [0, 0.1) is 5.82 Å². The minimum absolute atomic E-state index is 0.0714. The predicted octanol–water partition coefficient (Wildman–Crippen LogP) is 2.54. The molecule has 1 atom stereocenters. The summed E-state index contributed by atoms with van der Waals surface area (Å²) in [5, 5.41) is -0.799.